The molecule has 0 N–H and O–H groups in total. The van der Waals surface area contributed by atoms with Crippen LogP contribution >= 0.6 is 24.0 Å². The van der Waals surface area contributed by atoms with E-state index in [9.17, 15) is 4.79 Å². The van der Waals surface area contributed by atoms with E-state index in [1.165, 1.54) is 11.8 Å². The van der Waals surface area contributed by atoms with E-state index in [-0.39, 0.29) is 5.91 Å². The largest absolute Gasteiger partial charge is 0.494 e. The van der Waals surface area contributed by atoms with Crippen LogP contribution < -0.4 is 9.64 Å². The minimum Gasteiger partial charge on any atom is -0.494 e. The fraction of sp³-hybridized carbons (Fsp3) is 0.238. The summed E-state index contributed by atoms with van der Waals surface area (Å²) < 4.78 is 6.16. The van der Waals surface area contributed by atoms with E-state index in [2.05, 4.69) is 13.0 Å². The van der Waals surface area contributed by atoms with Crippen molar-refractivity contribution in [2.75, 3.05) is 11.5 Å². The van der Waals surface area contributed by atoms with Gasteiger partial charge in [-0.3, -0.25) is 9.69 Å². The lowest BCUT2D eigenvalue weighted by Gasteiger charge is -2.17. The lowest BCUT2D eigenvalue weighted by molar-refractivity contribution is -0.113. The van der Waals surface area contributed by atoms with Crippen LogP contribution in [0.1, 0.15) is 30.0 Å². The molecule has 26 heavy (non-hydrogen) atoms. The molecule has 0 aromatic heterocycles. The van der Waals surface area contributed by atoms with E-state index in [1.807, 2.05) is 56.3 Å². The number of rotatable bonds is 5. The number of hydrogen-bond acceptors (Lipinski definition) is 4. The van der Waals surface area contributed by atoms with E-state index < -0.39 is 0 Å². The lowest BCUT2D eigenvalue weighted by Crippen LogP contribution is -2.28. The second-order valence-corrected chi connectivity index (χ2v) is 7.90. The molecule has 0 spiro atoms. The van der Waals surface area contributed by atoms with Crippen molar-refractivity contribution in [2.24, 2.45) is 0 Å². The third-order valence-electron chi connectivity index (χ3n) is 4.04. The number of nitrogens with zero attached hydrogens (tertiary/aromatic N) is 1. The Labute approximate surface area is 164 Å². The van der Waals surface area contributed by atoms with Gasteiger partial charge in [-0.2, -0.15) is 0 Å². The molecule has 0 unspecified atom stereocenters. The highest BCUT2D eigenvalue weighted by molar-refractivity contribution is 8.27. The maximum absolute atomic E-state index is 12.9. The molecule has 3 rings (SSSR count). The third-order valence-corrected chi connectivity index (χ3v) is 5.34. The highest BCUT2D eigenvalue weighted by Crippen LogP contribution is 2.37. The van der Waals surface area contributed by atoms with Crippen LogP contribution in [-0.4, -0.2) is 16.8 Å². The molecule has 0 saturated carbocycles. The van der Waals surface area contributed by atoms with Crippen LogP contribution in [0.5, 0.6) is 5.75 Å². The van der Waals surface area contributed by atoms with Crippen molar-refractivity contribution in [3.8, 4) is 5.75 Å². The van der Waals surface area contributed by atoms with Crippen molar-refractivity contribution in [1.29, 1.82) is 0 Å². The zero-order chi connectivity index (χ0) is 18.7. The highest BCUT2D eigenvalue weighted by atomic mass is 32.2. The number of hydrogen-bond donors (Lipinski definition) is 0. The summed E-state index contributed by atoms with van der Waals surface area (Å²) >= 11 is 6.80. The average Bonchev–Trinajstić information content (AvgIpc) is 2.88. The first kappa shape index (κ1) is 18.7. The van der Waals surface area contributed by atoms with Gasteiger partial charge in [-0.15, -0.1) is 0 Å². The number of carbonyl (C=O) groups excluding carboxylic acids is 1. The van der Waals surface area contributed by atoms with E-state index in [0.717, 1.165) is 34.5 Å². The van der Waals surface area contributed by atoms with Crippen molar-refractivity contribution in [2.45, 2.75) is 27.2 Å². The summed E-state index contributed by atoms with van der Waals surface area (Å²) in [6.07, 6.45) is 2.86. The number of thiocarbonyl (C=S) groups is 1. The van der Waals surface area contributed by atoms with Crippen molar-refractivity contribution in [3.05, 3.63) is 64.1 Å². The molecular formula is C21H21NO2S2. The number of ether oxygens (including phenoxy) is 1. The van der Waals surface area contributed by atoms with Gasteiger partial charge in [0.1, 0.15) is 5.75 Å². The second-order valence-electron chi connectivity index (χ2n) is 6.22. The number of benzene rings is 2. The molecular weight excluding hydrogens is 362 g/mol. The summed E-state index contributed by atoms with van der Waals surface area (Å²) in [4.78, 5) is 15.2. The zero-order valence-corrected chi connectivity index (χ0v) is 16.7. The maximum Gasteiger partial charge on any atom is 0.270 e. The van der Waals surface area contributed by atoms with Gasteiger partial charge in [0.25, 0.3) is 5.91 Å². The van der Waals surface area contributed by atoms with Crippen LogP contribution in [-0.2, 0) is 4.79 Å². The summed E-state index contributed by atoms with van der Waals surface area (Å²) in [5.41, 5.74) is 4.01. The third kappa shape index (κ3) is 4.00. The molecule has 2 aromatic rings. The van der Waals surface area contributed by atoms with Gasteiger partial charge in [0.15, 0.2) is 4.32 Å². The molecule has 134 valence electrons. The second kappa shape index (κ2) is 8.06. The molecule has 0 aliphatic carbocycles. The van der Waals surface area contributed by atoms with E-state index in [1.54, 1.807) is 4.90 Å². The van der Waals surface area contributed by atoms with Gasteiger partial charge in [-0.1, -0.05) is 60.7 Å². The Morgan fingerprint density at radius 2 is 1.88 bits per heavy atom. The summed E-state index contributed by atoms with van der Waals surface area (Å²) in [6.45, 7) is 6.81. The molecule has 1 amide bonds. The summed E-state index contributed by atoms with van der Waals surface area (Å²) in [5.74, 6) is 0.769. The van der Waals surface area contributed by atoms with Gasteiger partial charge in [-0.25, -0.2) is 0 Å². The Morgan fingerprint density at radius 3 is 2.54 bits per heavy atom. The summed E-state index contributed by atoms with van der Waals surface area (Å²) in [6, 6.07) is 13.8. The van der Waals surface area contributed by atoms with Crippen LogP contribution in [0.2, 0.25) is 0 Å². The van der Waals surface area contributed by atoms with Crippen molar-refractivity contribution >= 4 is 46.0 Å². The number of carbonyl (C=O) groups is 1. The van der Waals surface area contributed by atoms with Gasteiger partial charge in [-0.05, 0) is 55.7 Å². The smallest absolute Gasteiger partial charge is 0.270 e. The first-order valence-electron chi connectivity index (χ1n) is 8.57. The molecule has 1 fully saturated rings. The minimum atomic E-state index is -0.0711. The van der Waals surface area contributed by atoms with Crippen LogP contribution in [0.4, 0.5) is 5.69 Å². The van der Waals surface area contributed by atoms with E-state index in [0.29, 0.717) is 15.8 Å². The standard InChI is InChI=1S/C21H21NO2S2/c1-4-11-24-17-8-6-16(7-9-17)13-19-20(23)22(21(25)26-19)18-10-5-14(2)12-15(18)3/h5-10,12-13H,4,11H2,1-3H3/b19-13+. The van der Waals surface area contributed by atoms with Gasteiger partial charge in [0, 0.05) is 0 Å². The zero-order valence-electron chi connectivity index (χ0n) is 15.1. The van der Waals surface area contributed by atoms with Crippen LogP contribution in [0.15, 0.2) is 47.4 Å². The Balaban J connectivity index is 1.83. The van der Waals surface area contributed by atoms with Crippen LogP contribution in [0, 0.1) is 13.8 Å². The molecule has 0 radical (unpaired) electrons. The predicted octanol–water partition coefficient (Wildman–Crippen LogP) is 5.50. The minimum absolute atomic E-state index is 0.0711. The average molecular weight is 384 g/mol. The molecule has 1 aliphatic rings. The maximum atomic E-state index is 12.9. The number of thioether (sulfide) groups is 1. The normalized spacial score (nSPS) is 15.8. The fourth-order valence-electron chi connectivity index (χ4n) is 2.76. The van der Waals surface area contributed by atoms with Crippen molar-refractivity contribution < 1.29 is 9.53 Å². The molecule has 3 nitrogen and oxygen atoms in total. The van der Waals surface area contributed by atoms with Gasteiger partial charge >= 0.3 is 0 Å². The first-order chi connectivity index (χ1) is 12.5. The SMILES string of the molecule is CCCOc1ccc(/C=C2/SC(=S)N(c3ccc(C)cc3C)C2=O)cc1. The molecule has 1 heterocycles. The summed E-state index contributed by atoms with van der Waals surface area (Å²) in [7, 11) is 0. The number of aryl methyl sites for hydroxylation is 2. The topological polar surface area (TPSA) is 29.5 Å². The quantitative estimate of drug-likeness (QED) is 0.504. The number of amides is 1. The molecule has 0 atom stereocenters. The molecule has 1 saturated heterocycles. The summed E-state index contributed by atoms with van der Waals surface area (Å²) in [5, 5.41) is 0. The van der Waals surface area contributed by atoms with E-state index in [4.69, 9.17) is 17.0 Å². The predicted molar refractivity (Wildman–Crippen MR) is 114 cm³/mol. The molecule has 5 heteroatoms. The lowest BCUT2D eigenvalue weighted by atomic mass is 10.1. The van der Waals surface area contributed by atoms with Crippen molar-refractivity contribution in [3.63, 3.8) is 0 Å². The highest BCUT2D eigenvalue weighted by Gasteiger charge is 2.33. The van der Waals surface area contributed by atoms with Crippen LogP contribution in [0.25, 0.3) is 6.08 Å². The van der Waals surface area contributed by atoms with Gasteiger partial charge in [0.2, 0.25) is 0 Å². The Bertz CT molecular complexity index is 872. The fourth-order valence-corrected chi connectivity index (χ4v) is 4.05. The van der Waals surface area contributed by atoms with Gasteiger partial charge < -0.3 is 4.74 Å². The van der Waals surface area contributed by atoms with E-state index >= 15 is 0 Å². The van der Waals surface area contributed by atoms with Crippen LogP contribution in [0.3, 0.4) is 0 Å². The Kier molecular flexibility index (Phi) is 5.79. The van der Waals surface area contributed by atoms with Crippen molar-refractivity contribution in [1.82, 2.24) is 0 Å². The first-order valence-corrected chi connectivity index (χ1v) is 9.80. The monoisotopic (exact) mass is 383 g/mol. The Morgan fingerprint density at radius 1 is 1.15 bits per heavy atom. The molecule has 2 aromatic carbocycles. The molecule has 1 aliphatic heterocycles. The number of anilines is 1. The molecule has 0 bridgehead atoms. The Hall–Kier alpha value is -2.11. The van der Waals surface area contributed by atoms with Gasteiger partial charge in [0.05, 0.1) is 17.2 Å².